The monoisotopic (exact) mass is 337 g/mol. The molecule has 2 fully saturated rings. The third-order valence-electron chi connectivity index (χ3n) is 5.06. The number of hydrogen-bond donors (Lipinski definition) is 1. The summed E-state index contributed by atoms with van der Waals surface area (Å²) in [6.45, 7) is 10.5. The molecule has 0 amide bonds. The third kappa shape index (κ3) is 5.00. The molecular formula is C17H31N5O2. The fourth-order valence-corrected chi connectivity index (χ4v) is 3.73. The molecule has 0 spiro atoms. The summed E-state index contributed by atoms with van der Waals surface area (Å²) in [6.07, 6.45) is 3.59. The SMILES string of the molecule is C[C@@H]1CN(C[C@@H]2CN(C)CCO2)CCN1C[C@H](O)Cn1cccn1. The van der Waals surface area contributed by atoms with Crippen LogP contribution in [-0.2, 0) is 11.3 Å². The molecule has 0 bridgehead atoms. The first kappa shape index (κ1) is 17.8. The molecule has 2 aliphatic rings. The molecule has 0 aromatic carbocycles. The quantitative estimate of drug-likeness (QED) is 0.761. The molecule has 0 radical (unpaired) electrons. The number of hydrogen-bond acceptors (Lipinski definition) is 6. The number of aliphatic hydroxyl groups is 1. The number of aliphatic hydroxyl groups excluding tert-OH is 1. The molecule has 2 saturated heterocycles. The Labute approximate surface area is 144 Å². The van der Waals surface area contributed by atoms with Crippen LogP contribution in [0.2, 0.25) is 0 Å². The number of likely N-dealkylation sites (N-methyl/N-ethyl adjacent to an activating group) is 1. The van der Waals surface area contributed by atoms with Gasteiger partial charge in [0.1, 0.15) is 0 Å². The van der Waals surface area contributed by atoms with Crippen molar-refractivity contribution in [2.75, 3.05) is 59.5 Å². The van der Waals surface area contributed by atoms with Crippen LogP contribution in [0.5, 0.6) is 0 Å². The van der Waals surface area contributed by atoms with E-state index in [2.05, 4.69) is 33.8 Å². The molecule has 24 heavy (non-hydrogen) atoms. The Kier molecular flexibility index (Phi) is 6.24. The average molecular weight is 337 g/mol. The van der Waals surface area contributed by atoms with E-state index in [1.807, 2.05) is 12.3 Å². The van der Waals surface area contributed by atoms with Gasteiger partial charge in [0, 0.05) is 64.2 Å². The first-order valence-electron chi connectivity index (χ1n) is 9.02. The molecule has 1 N–H and O–H groups in total. The maximum absolute atomic E-state index is 10.3. The third-order valence-corrected chi connectivity index (χ3v) is 5.06. The summed E-state index contributed by atoms with van der Waals surface area (Å²) >= 11 is 0. The van der Waals surface area contributed by atoms with Gasteiger partial charge in [-0.1, -0.05) is 0 Å². The zero-order valence-corrected chi connectivity index (χ0v) is 14.9. The Bertz CT molecular complexity index is 483. The Morgan fingerprint density at radius 2 is 2.12 bits per heavy atom. The van der Waals surface area contributed by atoms with Gasteiger partial charge in [-0.2, -0.15) is 5.10 Å². The molecule has 2 aliphatic heterocycles. The molecule has 7 nitrogen and oxygen atoms in total. The van der Waals surface area contributed by atoms with Crippen molar-refractivity contribution in [3.05, 3.63) is 18.5 Å². The van der Waals surface area contributed by atoms with E-state index < -0.39 is 0 Å². The van der Waals surface area contributed by atoms with Crippen molar-refractivity contribution in [3.63, 3.8) is 0 Å². The van der Waals surface area contributed by atoms with E-state index in [-0.39, 0.29) is 6.10 Å². The molecule has 7 heteroatoms. The molecule has 1 aromatic heterocycles. The maximum atomic E-state index is 10.3. The molecule has 0 unspecified atom stereocenters. The fraction of sp³-hybridized carbons (Fsp3) is 0.824. The smallest absolute Gasteiger partial charge is 0.0862 e. The van der Waals surface area contributed by atoms with Gasteiger partial charge in [0.25, 0.3) is 0 Å². The van der Waals surface area contributed by atoms with E-state index in [0.717, 1.165) is 45.9 Å². The van der Waals surface area contributed by atoms with E-state index in [4.69, 9.17) is 4.74 Å². The first-order chi connectivity index (χ1) is 11.6. The second-order valence-corrected chi connectivity index (χ2v) is 7.24. The largest absolute Gasteiger partial charge is 0.390 e. The Hall–Kier alpha value is -0.990. The standard InChI is InChI=1S/C17H31N5O2/c1-15-10-20(14-17-13-19(2)8-9-24-17)6-7-21(15)11-16(23)12-22-5-3-4-18-22/h3-5,15-17,23H,6-14H2,1-2H3/t15-,16+,17+/m1/s1. The van der Waals surface area contributed by atoms with Gasteiger partial charge in [-0.05, 0) is 20.0 Å². The zero-order valence-electron chi connectivity index (χ0n) is 14.9. The van der Waals surface area contributed by atoms with E-state index >= 15 is 0 Å². The van der Waals surface area contributed by atoms with Gasteiger partial charge < -0.3 is 14.7 Å². The lowest BCUT2D eigenvalue weighted by Crippen LogP contribution is -2.56. The van der Waals surface area contributed by atoms with Gasteiger partial charge >= 0.3 is 0 Å². The van der Waals surface area contributed by atoms with Crippen LogP contribution in [0, 0.1) is 0 Å². The number of aromatic nitrogens is 2. The maximum Gasteiger partial charge on any atom is 0.0862 e. The van der Waals surface area contributed by atoms with Gasteiger partial charge in [0.2, 0.25) is 0 Å². The highest BCUT2D eigenvalue weighted by molar-refractivity contribution is 4.84. The summed E-state index contributed by atoms with van der Waals surface area (Å²) in [5, 5.41) is 14.5. The lowest BCUT2D eigenvalue weighted by atomic mass is 10.1. The minimum atomic E-state index is -0.380. The summed E-state index contributed by atoms with van der Waals surface area (Å²) in [7, 11) is 2.16. The van der Waals surface area contributed by atoms with Crippen molar-refractivity contribution in [2.45, 2.75) is 31.7 Å². The normalized spacial score (nSPS) is 29.0. The van der Waals surface area contributed by atoms with Crippen molar-refractivity contribution in [1.82, 2.24) is 24.5 Å². The molecule has 1 aromatic rings. The zero-order chi connectivity index (χ0) is 16.9. The lowest BCUT2D eigenvalue weighted by Gasteiger charge is -2.42. The topological polar surface area (TPSA) is 57.0 Å². The van der Waals surface area contributed by atoms with Crippen LogP contribution in [0.1, 0.15) is 6.92 Å². The highest BCUT2D eigenvalue weighted by atomic mass is 16.5. The predicted octanol–water partition coefficient (Wildman–Crippen LogP) is -0.419. The first-order valence-corrected chi connectivity index (χ1v) is 9.02. The van der Waals surface area contributed by atoms with Crippen LogP contribution in [0.25, 0.3) is 0 Å². The number of piperazine rings is 1. The summed E-state index contributed by atoms with van der Waals surface area (Å²) < 4.78 is 7.68. The number of nitrogens with zero attached hydrogens (tertiary/aromatic N) is 5. The number of β-amino-alcohol motifs (C(OH)–C–C–N with tert-alkyl or cyclic N) is 1. The molecule has 136 valence electrons. The van der Waals surface area contributed by atoms with Crippen LogP contribution >= 0.6 is 0 Å². The van der Waals surface area contributed by atoms with Crippen LogP contribution in [-0.4, -0.2) is 107 Å². The van der Waals surface area contributed by atoms with Gasteiger partial charge in [-0.15, -0.1) is 0 Å². The van der Waals surface area contributed by atoms with Crippen LogP contribution in [0.3, 0.4) is 0 Å². The summed E-state index contributed by atoms with van der Waals surface area (Å²) in [4.78, 5) is 7.24. The van der Waals surface area contributed by atoms with Gasteiger partial charge in [-0.3, -0.25) is 14.5 Å². The average Bonchev–Trinajstić information content (AvgIpc) is 3.03. The highest BCUT2D eigenvalue weighted by Crippen LogP contribution is 2.13. The van der Waals surface area contributed by atoms with Gasteiger partial charge in [0.15, 0.2) is 0 Å². The second-order valence-electron chi connectivity index (χ2n) is 7.24. The van der Waals surface area contributed by atoms with Crippen molar-refractivity contribution < 1.29 is 9.84 Å². The lowest BCUT2D eigenvalue weighted by molar-refractivity contribution is -0.0482. The van der Waals surface area contributed by atoms with Crippen LogP contribution in [0.15, 0.2) is 18.5 Å². The molecular weight excluding hydrogens is 306 g/mol. The highest BCUT2D eigenvalue weighted by Gasteiger charge is 2.28. The Balaban J connectivity index is 1.41. The van der Waals surface area contributed by atoms with E-state index in [1.54, 1.807) is 10.9 Å². The molecule has 0 saturated carbocycles. The fourth-order valence-electron chi connectivity index (χ4n) is 3.73. The van der Waals surface area contributed by atoms with Crippen LogP contribution < -0.4 is 0 Å². The van der Waals surface area contributed by atoms with Gasteiger partial charge in [-0.25, -0.2) is 0 Å². The number of rotatable bonds is 6. The Morgan fingerprint density at radius 3 is 2.83 bits per heavy atom. The predicted molar refractivity (Wildman–Crippen MR) is 92.9 cm³/mol. The summed E-state index contributed by atoms with van der Waals surface area (Å²) in [5.41, 5.74) is 0. The Morgan fingerprint density at radius 1 is 1.25 bits per heavy atom. The van der Waals surface area contributed by atoms with Crippen molar-refractivity contribution in [3.8, 4) is 0 Å². The van der Waals surface area contributed by atoms with E-state index in [0.29, 0.717) is 25.2 Å². The number of morpholine rings is 1. The van der Waals surface area contributed by atoms with Crippen LogP contribution in [0.4, 0.5) is 0 Å². The molecule has 0 aliphatic carbocycles. The second kappa shape index (κ2) is 8.40. The molecule has 3 heterocycles. The van der Waals surface area contributed by atoms with Crippen molar-refractivity contribution >= 4 is 0 Å². The van der Waals surface area contributed by atoms with Crippen molar-refractivity contribution in [2.24, 2.45) is 0 Å². The van der Waals surface area contributed by atoms with E-state index in [1.165, 1.54) is 0 Å². The molecule has 3 atom stereocenters. The summed E-state index contributed by atoms with van der Waals surface area (Å²) in [6, 6.07) is 2.34. The summed E-state index contributed by atoms with van der Waals surface area (Å²) in [5.74, 6) is 0. The van der Waals surface area contributed by atoms with Gasteiger partial charge in [0.05, 0.1) is 25.4 Å². The molecule has 3 rings (SSSR count). The minimum absolute atomic E-state index is 0.327. The van der Waals surface area contributed by atoms with E-state index in [9.17, 15) is 5.11 Å². The minimum Gasteiger partial charge on any atom is -0.390 e. The van der Waals surface area contributed by atoms with Crippen molar-refractivity contribution in [1.29, 1.82) is 0 Å². The number of ether oxygens (including phenoxy) is 1.